The highest BCUT2D eigenvalue weighted by Gasteiger charge is 2.32. The molecule has 1 aromatic carbocycles. The number of likely N-dealkylation sites (N-methyl/N-ethyl adjacent to an activating group) is 2. The number of rotatable bonds is 5. The average molecular weight is 811 g/mol. The summed E-state index contributed by atoms with van der Waals surface area (Å²) in [6.07, 6.45) is 7.79. The third kappa shape index (κ3) is 14.7. The van der Waals surface area contributed by atoms with Crippen LogP contribution in [-0.4, -0.2) is 101 Å². The van der Waals surface area contributed by atoms with E-state index >= 15 is 0 Å². The first-order chi connectivity index (χ1) is 26.8. The first-order valence-corrected chi connectivity index (χ1v) is 20.4. The van der Waals surface area contributed by atoms with Crippen molar-refractivity contribution in [1.29, 1.82) is 0 Å². The van der Waals surface area contributed by atoms with Crippen LogP contribution in [0, 0.1) is 5.92 Å². The van der Waals surface area contributed by atoms with Crippen molar-refractivity contribution in [2.24, 2.45) is 5.92 Å². The number of halogens is 1. The van der Waals surface area contributed by atoms with Crippen LogP contribution in [0.2, 0.25) is 5.02 Å². The third-order valence-electron chi connectivity index (χ3n) is 9.64. The molecule has 2 atom stereocenters. The molecule has 2 aliphatic heterocycles. The summed E-state index contributed by atoms with van der Waals surface area (Å²) < 4.78 is 6.58. The summed E-state index contributed by atoms with van der Waals surface area (Å²) >= 11 is 6.48. The Balaban J connectivity index is 0.00000207. The molecular weight excluding hydrogens is 748 g/mol. The van der Waals surface area contributed by atoms with Gasteiger partial charge in [0.2, 0.25) is 23.6 Å². The Morgan fingerprint density at radius 2 is 1.65 bits per heavy atom. The van der Waals surface area contributed by atoms with Gasteiger partial charge in [0.1, 0.15) is 23.4 Å². The van der Waals surface area contributed by atoms with Gasteiger partial charge in [-0.25, -0.2) is 4.79 Å². The van der Waals surface area contributed by atoms with E-state index in [0.717, 1.165) is 48.3 Å². The number of aromatic nitrogens is 1. The average Bonchev–Trinajstić information content (AvgIpc) is 3.13. The highest BCUT2D eigenvalue weighted by molar-refractivity contribution is 6.30. The number of hydrogen-bond acceptors (Lipinski definition) is 7. The van der Waals surface area contributed by atoms with E-state index in [-0.39, 0.29) is 23.9 Å². The van der Waals surface area contributed by atoms with E-state index in [0.29, 0.717) is 43.9 Å². The van der Waals surface area contributed by atoms with Gasteiger partial charge in [-0.05, 0) is 86.9 Å². The molecule has 0 radical (unpaired) electrons. The van der Waals surface area contributed by atoms with E-state index in [9.17, 15) is 28.8 Å². The van der Waals surface area contributed by atoms with Crippen LogP contribution in [0.3, 0.4) is 0 Å². The van der Waals surface area contributed by atoms with Crippen molar-refractivity contribution in [3.63, 3.8) is 0 Å². The van der Waals surface area contributed by atoms with Crippen LogP contribution < -0.4 is 16.2 Å². The minimum atomic E-state index is -0.950. The lowest BCUT2D eigenvalue weighted by Crippen LogP contribution is -2.52. The minimum Gasteiger partial charge on any atom is -0.444 e. The van der Waals surface area contributed by atoms with Gasteiger partial charge < -0.3 is 29.3 Å². The van der Waals surface area contributed by atoms with Gasteiger partial charge in [-0.1, -0.05) is 70.2 Å². The lowest BCUT2D eigenvalue weighted by atomic mass is 9.91. The van der Waals surface area contributed by atoms with Crippen molar-refractivity contribution in [3.8, 4) is 0 Å². The zero-order chi connectivity index (χ0) is 42.4. The maximum absolute atomic E-state index is 14.1. The van der Waals surface area contributed by atoms with Gasteiger partial charge in [0, 0.05) is 58.3 Å². The summed E-state index contributed by atoms with van der Waals surface area (Å²) in [5.74, 6) is -0.410. The van der Waals surface area contributed by atoms with E-state index in [1.165, 1.54) is 21.7 Å². The fourth-order valence-corrected chi connectivity index (χ4v) is 6.86. The number of carbonyl (C=O) groups excluding carboxylic acids is 5. The molecule has 1 aromatic heterocycles. The summed E-state index contributed by atoms with van der Waals surface area (Å²) in [6.45, 7) is 14.3. The minimum absolute atomic E-state index is 0.00523. The monoisotopic (exact) mass is 810 g/mol. The third-order valence-corrected chi connectivity index (χ3v) is 9.87. The molecule has 0 bridgehead atoms. The number of ether oxygens (including phenoxy) is 1. The van der Waals surface area contributed by atoms with Crippen LogP contribution in [0.4, 0.5) is 10.5 Å². The summed E-state index contributed by atoms with van der Waals surface area (Å²) in [5.41, 5.74) is 1.35. The topological polar surface area (TPSA) is 150 Å². The molecule has 2 aromatic rings. The van der Waals surface area contributed by atoms with Gasteiger partial charge in [0.05, 0.1) is 6.54 Å². The molecule has 1 unspecified atom stereocenters. The molecule has 0 aliphatic carbocycles. The highest BCUT2D eigenvalue weighted by atomic mass is 35.5. The summed E-state index contributed by atoms with van der Waals surface area (Å²) in [5, 5.41) is 5.70. The first-order valence-electron chi connectivity index (χ1n) is 20.0. The summed E-state index contributed by atoms with van der Waals surface area (Å²) in [4.78, 5) is 84.4. The molecule has 14 heteroatoms. The lowest BCUT2D eigenvalue weighted by molar-refractivity contribution is -0.143. The maximum Gasteiger partial charge on any atom is 0.412 e. The van der Waals surface area contributed by atoms with E-state index in [2.05, 4.69) is 31.4 Å². The quantitative estimate of drug-likeness (QED) is 0.342. The van der Waals surface area contributed by atoms with E-state index in [1.54, 1.807) is 63.7 Å². The largest absolute Gasteiger partial charge is 0.444 e. The van der Waals surface area contributed by atoms with Gasteiger partial charge in [-0.15, -0.1) is 0 Å². The molecule has 57 heavy (non-hydrogen) atoms. The van der Waals surface area contributed by atoms with Crippen LogP contribution >= 0.6 is 11.6 Å². The Morgan fingerprint density at radius 1 is 0.982 bits per heavy atom. The number of pyridine rings is 1. The second kappa shape index (κ2) is 21.8. The number of anilines is 1. The van der Waals surface area contributed by atoms with Crippen LogP contribution in [-0.2, 0) is 30.3 Å². The predicted octanol–water partition coefficient (Wildman–Crippen LogP) is 6.69. The zero-order valence-electron chi connectivity index (χ0n) is 35.3. The molecule has 1 fully saturated rings. The normalized spacial score (nSPS) is 19.3. The number of nitrogens with one attached hydrogen (secondary N) is 2. The van der Waals surface area contributed by atoms with Gasteiger partial charge in [0.15, 0.2) is 0 Å². The first kappa shape index (κ1) is 46.7. The molecule has 4 rings (SSSR count). The van der Waals surface area contributed by atoms with Crippen LogP contribution in [0.15, 0.2) is 47.4 Å². The summed E-state index contributed by atoms with van der Waals surface area (Å²) in [7, 11) is 3.29. The van der Waals surface area contributed by atoms with Crippen LogP contribution in [0.25, 0.3) is 5.57 Å². The second-order valence-electron chi connectivity index (χ2n) is 16.5. The Morgan fingerprint density at radius 3 is 2.28 bits per heavy atom. The molecule has 1 saturated heterocycles. The van der Waals surface area contributed by atoms with Gasteiger partial charge in [0.25, 0.3) is 5.56 Å². The Kier molecular flexibility index (Phi) is 17.8. The maximum atomic E-state index is 14.1. The smallest absolute Gasteiger partial charge is 0.412 e. The van der Waals surface area contributed by atoms with Crippen molar-refractivity contribution in [2.45, 2.75) is 118 Å². The molecule has 2 N–H and O–H groups in total. The fraction of sp³-hybridized carbons (Fsp3) is 0.581. The number of nitrogens with zero attached hydrogens (tertiary/aromatic N) is 4. The van der Waals surface area contributed by atoms with E-state index in [1.807, 2.05) is 18.2 Å². The molecule has 5 amide bonds. The molecule has 3 heterocycles. The fourth-order valence-electron chi connectivity index (χ4n) is 6.66. The van der Waals surface area contributed by atoms with Crippen molar-refractivity contribution in [3.05, 3.63) is 69.1 Å². The van der Waals surface area contributed by atoms with Crippen molar-refractivity contribution < 1.29 is 28.7 Å². The van der Waals surface area contributed by atoms with Gasteiger partial charge in [-0.3, -0.25) is 29.3 Å². The van der Waals surface area contributed by atoms with E-state index < -0.39 is 47.7 Å². The second-order valence-corrected chi connectivity index (χ2v) is 16.9. The van der Waals surface area contributed by atoms with Crippen molar-refractivity contribution in [2.75, 3.05) is 45.6 Å². The molecule has 2 aliphatic rings. The summed E-state index contributed by atoms with van der Waals surface area (Å²) in [6, 6.07) is 6.68. The van der Waals surface area contributed by atoms with Crippen molar-refractivity contribution in [1.82, 2.24) is 24.6 Å². The van der Waals surface area contributed by atoms with Crippen molar-refractivity contribution >= 4 is 52.6 Å². The zero-order valence-corrected chi connectivity index (χ0v) is 36.0. The van der Waals surface area contributed by atoms with Gasteiger partial charge >= 0.3 is 6.09 Å². The number of carbonyl (C=O) groups is 5. The predicted molar refractivity (Wildman–Crippen MR) is 225 cm³/mol. The lowest BCUT2D eigenvalue weighted by Gasteiger charge is -2.32. The molecular formula is C43H63ClN6O7. The van der Waals surface area contributed by atoms with Crippen LogP contribution in [0.1, 0.15) is 111 Å². The van der Waals surface area contributed by atoms with E-state index in [4.69, 9.17) is 16.3 Å². The number of benzene rings is 1. The van der Waals surface area contributed by atoms with Crippen LogP contribution in [0.5, 0.6) is 0 Å². The number of amides is 5. The Bertz CT molecular complexity index is 1810. The Hall–Kier alpha value is -4.65. The molecule has 0 saturated carbocycles. The molecule has 0 spiro atoms. The standard InChI is InChI=1S/C39H53ClN6O7.C4H10/c1-26(47)45-21-17-27(18-22-45)30-16-15-29(40)23-28(30)24-33-37(51)43(5)19-11-9-7-8-10-14-32(35(49)41-25-34(48)44(33)6)46-20-12-13-31(36(46)50)42-38(52)53-39(2,3)4;1-4(2)3/h12-13,15-17,20,23,32-33H,7-11,14,18-19,21-22,24-25H2,1-6H3,(H,41,49)(H,42,52);4H,1-3H3/t32?,33-;/m0./s1. The van der Waals surface area contributed by atoms with Gasteiger partial charge in [-0.2, -0.15) is 0 Å². The SMILES string of the molecule is CC(=O)N1CC=C(c2ccc(Cl)cc2C[C@H]2C(=O)N(C)CCCCCCCC(n3cccc(NC(=O)OC(C)(C)C)c3=O)C(=O)NCC(=O)N2C)CC1.CC(C)C. The Labute approximate surface area is 343 Å². The molecule has 13 nitrogen and oxygen atoms in total. The molecule has 314 valence electrons. The highest BCUT2D eigenvalue weighted by Crippen LogP contribution is 2.30. The number of hydrogen-bond donors (Lipinski definition) is 2.